The number of rotatable bonds is 8. The van der Waals surface area contributed by atoms with E-state index in [2.05, 4.69) is 74.1 Å². The van der Waals surface area contributed by atoms with Gasteiger partial charge >= 0.3 is 0 Å². The molecule has 0 aromatic heterocycles. The quantitative estimate of drug-likeness (QED) is 0.351. The molecule has 0 aliphatic rings. The molecule has 150 valence electrons. The van der Waals surface area contributed by atoms with Crippen LogP contribution in [0.2, 0.25) is 0 Å². The average molecular weight is 363 g/mol. The van der Waals surface area contributed by atoms with Crippen molar-refractivity contribution in [1.82, 2.24) is 0 Å². The average Bonchev–Trinajstić information content (AvgIpc) is 2.45. The summed E-state index contributed by atoms with van der Waals surface area (Å²) in [5.74, 6) is 1.70. The van der Waals surface area contributed by atoms with E-state index in [1.54, 1.807) is 0 Å². The van der Waals surface area contributed by atoms with Crippen LogP contribution in [0.15, 0.2) is 37.1 Å². The Labute approximate surface area is 163 Å². The fourth-order valence-corrected chi connectivity index (χ4v) is 2.81. The fraction of sp³-hybridized carbons (Fsp3) is 0.667. The van der Waals surface area contributed by atoms with Gasteiger partial charge in [0.25, 0.3) is 0 Å². The Balaban J connectivity index is 0.000000590. The summed E-state index contributed by atoms with van der Waals surface area (Å²) in [6, 6.07) is 8.29. The highest BCUT2D eigenvalue weighted by molar-refractivity contribution is 5.27. The van der Waals surface area contributed by atoms with Crippen molar-refractivity contribution in [1.29, 1.82) is 0 Å². The predicted molar refractivity (Wildman–Crippen MR) is 115 cm³/mol. The van der Waals surface area contributed by atoms with Crippen molar-refractivity contribution in [2.24, 2.45) is 5.92 Å². The highest BCUT2D eigenvalue weighted by Gasteiger charge is 2.19. The lowest BCUT2D eigenvalue weighted by Gasteiger charge is -2.30. The fourth-order valence-electron chi connectivity index (χ4n) is 2.81. The molecule has 0 amide bonds. The van der Waals surface area contributed by atoms with Crippen molar-refractivity contribution in [2.75, 3.05) is 0 Å². The van der Waals surface area contributed by atoms with Crippen LogP contribution < -0.4 is 4.74 Å². The second kappa shape index (κ2) is 12.2. The van der Waals surface area contributed by atoms with Crippen LogP contribution in [0.5, 0.6) is 5.75 Å². The number of benzene rings is 1. The van der Waals surface area contributed by atoms with Gasteiger partial charge in [-0.2, -0.15) is 0 Å². The molecule has 0 unspecified atom stereocenters. The molecule has 26 heavy (non-hydrogen) atoms. The van der Waals surface area contributed by atoms with Crippen LogP contribution in [0.3, 0.4) is 0 Å². The number of aryl methyl sites for hydroxylation is 1. The van der Waals surface area contributed by atoms with Gasteiger partial charge in [-0.15, -0.1) is 0 Å². The standard InChI is InChI=1S/C16H24O.C8H18O/c1-4-17-16-12-10-15(11-13-16)9-7-5-6-8-14(2)3;1-7(2,3)9-8(4,5)6/h4,10-14H,1,5-9H2,2-3H3;1-6H3. The first kappa shape index (κ1) is 24.7. The summed E-state index contributed by atoms with van der Waals surface area (Å²) in [6.07, 6.45) is 7.96. The Morgan fingerprint density at radius 3 is 1.81 bits per heavy atom. The van der Waals surface area contributed by atoms with Gasteiger partial charge in [0.2, 0.25) is 0 Å². The van der Waals surface area contributed by atoms with Crippen LogP contribution in [-0.2, 0) is 11.2 Å². The van der Waals surface area contributed by atoms with Crippen LogP contribution in [-0.4, -0.2) is 11.2 Å². The molecule has 0 aliphatic heterocycles. The largest absolute Gasteiger partial charge is 0.466 e. The number of hydrogen-bond acceptors (Lipinski definition) is 2. The van der Waals surface area contributed by atoms with E-state index in [0.29, 0.717) is 0 Å². The van der Waals surface area contributed by atoms with Crippen molar-refractivity contribution in [3.05, 3.63) is 42.7 Å². The van der Waals surface area contributed by atoms with Crippen LogP contribution in [0.25, 0.3) is 0 Å². The summed E-state index contributed by atoms with van der Waals surface area (Å²) in [5.41, 5.74) is 1.36. The molecule has 0 N–H and O–H groups in total. The maximum absolute atomic E-state index is 5.62. The molecule has 1 aromatic carbocycles. The Morgan fingerprint density at radius 1 is 0.885 bits per heavy atom. The van der Waals surface area contributed by atoms with E-state index >= 15 is 0 Å². The molecule has 0 fully saturated rings. The van der Waals surface area contributed by atoms with Gasteiger partial charge in [-0.05, 0) is 78.0 Å². The van der Waals surface area contributed by atoms with Crippen LogP contribution in [0.4, 0.5) is 0 Å². The predicted octanol–water partition coefficient (Wildman–Crippen LogP) is 7.57. The third-order valence-corrected chi connectivity index (χ3v) is 3.50. The van der Waals surface area contributed by atoms with Gasteiger partial charge in [0.1, 0.15) is 5.75 Å². The molecule has 0 atom stereocenters. The van der Waals surface area contributed by atoms with Crippen LogP contribution in [0, 0.1) is 5.92 Å². The first-order valence-electron chi connectivity index (χ1n) is 9.99. The van der Waals surface area contributed by atoms with Gasteiger partial charge in [0.05, 0.1) is 17.5 Å². The van der Waals surface area contributed by atoms with Gasteiger partial charge in [0, 0.05) is 0 Å². The van der Waals surface area contributed by atoms with E-state index in [4.69, 9.17) is 9.47 Å². The zero-order valence-corrected chi connectivity index (χ0v) is 18.5. The summed E-state index contributed by atoms with van der Waals surface area (Å²) in [4.78, 5) is 0. The van der Waals surface area contributed by atoms with Gasteiger partial charge < -0.3 is 9.47 Å². The highest BCUT2D eigenvalue weighted by Crippen LogP contribution is 2.18. The second-order valence-electron chi connectivity index (χ2n) is 9.25. The van der Waals surface area contributed by atoms with E-state index < -0.39 is 0 Å². The number of unbranched alkanes of at least 4 members (excludes halogenated alkanes) is 2. The molecule has 2 heteroatoms. The molecule has 0 aliphatic carbocycles. The van der Waals surface area contributed by atoms with Crippen molar-refractivity contribution in [3.63, 3.8) is 0 Å². The molecule has 1 aromatic rings. The summed E-state index contributed by atoms with van der Waals surface area (Å²) >= 11 is 0. The first-order chi connectivity index (χ1) is 11.9. The third kappa shape index (κ3) is 16.2. The summed E-state index contributed by atoms with van der Waals surface area (Å²) in [7, 11) is 0. The van der Waals surface area contributed by atoms with Crippen molar-refractivity contribution >= 4 is 0 Å². The van der Waals surface area contributed by atoms with E-state index in [0.717, 1.165) is 11.7 Å². The normalized spacial score (nSPS) is 11.7. The maximum Gasteiger partial charge on any atom is 0.126 e. The van der Waals surface area contributed by atoms with E-state index in [1.165, 1.54) is 43.9 Å². The Hall–Kier alpha value is -1.28. The Kier molecular flexibility index (Phi) is 11.6. The lowest BCUT2D eigenvalue weighted by molar-refractivity contribution is -0.102. The number of hydrogen-bond donors (Lipinski definition) is 0. The summed E-state index contributed by atoms with van der Waals surface area (Å²) in [6.45, 7) is 20.5. The minimum atomic E-state index is -0.0156. The monoisotopic (exact) mass is 362 g/mol. The van der Waals surface area contributed by atoms with Gasteiger partial charge in [-0.1, -0.05) is 51.8 Å². The Morgan fingerprint density at radius 2 is 1.42 bits per heavy atom. The molecule has 0 heterocycles. The summed E-state index contributed by atoms with van der Waals surface area (Å²) in [5, 5.41) is 0. The molecule has 0 saturated carbocycles. The zero-order chi connectivity index (χ0) is 20.2. The van der Waals surface area contributed by atoms with E-state index in [-0.39, 0.29) is 11.2 Å². The maximum atomic E-state index is 5.62. The molecule has 0 radical (unpaired) electrons. The van der Waals surface area contributed by atoms with E-state index in [1.807, 2.05) is 12.1 Å². The van der Waals surface area contributed by atoms with Crippen molar-refractivity contribution in [3.8, 4) is 5.75 Å². The second-order valence-corrected chi connectivity index (χ2v) is 9.25. The van der Waals surface area contributed by atoms with Crippen molar-refractivity contribution < 1.29 is 9.47 Å². The highest BCUT2D eigenvalue weighted by atomic mass is 16.5. The van der Waals surface area contributed by atoms with Crippen LogP contribution >= 0.6 is 0 Å². The molecule has 0 spiro atoms. The van der Waals surface area contributed by atoms with Gasteiger partial charge in [-0.3, -0.25) is 0 Å². The SMILES string of the molecule is C=COc1ccc(CCCCCC(C)C)cc1.CC(C)(C)OC(C)(C)C. The van der Waals surface area contributed by atoms with Gasteiger partial charge in [0.15, 0.2) is 0 Å². The smallest absolute Gasteiger partial charge is 0.126 e. The Bertz CT molecular complexity index is 460. The summed E-state index contributed by atoms with van der Waals surface area (Å²) < 4.78 is 10.8. The lowest BCUT2D eigenvalue weighted by Crippen LogP contribution is -2.31. The van der Waals surface area contributed by atoms with Gasteiger partial charge in [-0.25, -0.2) is 0 Å². The molecule has 0 saturated heterocycles. The number of ether oxygens (including phenoxy) is 2. The molecule has 1 rings (SSSR count). The lowest BCUT2D eigenvalue weighted by atomic mass is 10.0. The third-order valence-electron chi connectivity index (χ3n) is 3.50. The molecule has 2 nitrogen and oxygen atoms in total. The first-order valence-corrected chi connectivity index (χ1v) is 9.99. The molecular formula is C24H42O2. The zero-order valence-electron chi connectivity index (χ0n) is 18.5. The minimum absolute atomic E-state index is 0.0156. The molecular weight excluding hydrogens is 320 g/mol. The molecule has 0 bridgehead atoms. The topological polar surface area (TPSA) is 18.5 Å². The van der Waals surface area contributed by atoms with E-state index in [9.17, 15) is 0 Å². The minimum Gasteiger partial charge on any atom is -0.466 e. The van der Waals surface area contributed by atoms with Crippen molar-refractivity contribution in [2.45, 2.75) is 98.7 Å². The van der Waals surface area contributed by atoms with Crippen LogP contribution in [0.1, 0.15) is 86.6 Å².